The van der Waals surface area contributed by atoms with Gasteiger partial charge in [0.15, 0.2) is 6.10 Å². The number of rotatable bonds is 7. The van der Waals surface area contributed by atoms with Crippen molar-refractivity contribution >= 4 is 17.2 Å². The summed E-state index contributed by atoms with van der Waals surface area (Å²) in [6.45, 7) is 5.60. The van der Waals surface area contributed by atoms with Crippen molar-refractivity contribution in [2.75, 3.05) is 0 Å². The van der Waals surface area contributed by atoms with Gasteiger partial charge in [0.1, 0.15) is 10.8 Å². The molecule has 0 spiro atoms. The summed E-state index contributed by atoms with van der Waals surface area (Å²) in [7, 11) is 0. The van der Waals surface area contributed by atoms with E-state index in [2.05, 4.69) is 10.3 Å². The van der Waals surface area contributed by atoms with Crippen LogP contribution in [0.3, 0.4) is 0 Å². The SMILES string of the molecule is CCC(NC(=O)C(C)Oc1cccc(CO)c1)c1nc(C)cs1. The molecular formula is C17H22N2O3S. The standard InChI is InChI=1S/C17H22N2O3S/c1-4-15(17-18-11(2)10-23-17)19-16(21)12(3)22-14-7-5-6-13(8-14)9-20/h5-8,10,12,15,20H,4,9H2,1-3H3,(H,19,21). The van der Waals surface area contributed by atoms with E-state index in [1.807, 2.05) is 19.2 Å². The maximum Gasteiger partial charge on any atom is 0.261 e. The summed E-state index contributed by atoms with van der Waals surface area (Å²) in [6.07, 6.45) is 0.143. The van der Waals surface area contributed by atoms with Gasteiger partial charge in [-0.1, -0.05) is 19.1 Å². The van der Waals surface area contributed by atoms with E-state index < -0.39 is 6.10 Å². The maximum absolute atomic E-state index is 12.3. The molecule has 23 heavy (non-hydrogen) atoms. The number of carbonyl (C=O) groups excluding carboxylic acids is 1. The zero-order valence-electron chi connectivity index (χ0n) is 13.6. The van der Waals surface area contributed by atoms with Crippen LogP contribution in [0.25, 0.3) is 0 Å². The second kappa shape index (κ2) is 8.08. The maximum atomic E-state index is 12.3. The Balaban J connectivity index is 1.98. The zero-order chi connectivity index (χ0) is 16.8. The van der Waals surface area contributed by atoms with Gasteiger partial charge in [0.2, 0.25) is 0 Å². The number of nitrogens with one attached hydrogen (secondary N) is 1. The van der Waals surface area contributed by atoms with Crippen LogP contribution in [-0.4, -0.2) is 22.1 Å². The van der Waals surface area contributed by atoms with Crippen molar-refractivity contribution in [1.29, 1.82) is 0 Å². The summed E-state index contributed by atoms with van der Waals surface area (Å²) in [4.78, 5) is 16.8. The van der Waals surface area contributed by atoms with Gasteiger partial charge in [0, 0.05) is 11.1 Å². The number of ether oxygens (including phenoxy) is 1. The average Bonchev–Trinajstić information content (AvgIpc) is 2.98. The second-order valence-corrected chi connectivity index (χ2v) is 6.25. The minimum atomic E-state index is -0.626. The summed E-state index contributed by atoms with van der Waals surface area (Å²) < 4.78 is 5.66. The van der Waals surface area contributed by atoms with Gasteiger partial charge in [-0.3, -0.25) is 4.79 Å². The molecule has 1 heterocycles. The highest BCUT2D eigenvalue weighted by atomic mass is 32.1. The lowest BCUT2D eigenvalue weighted by Crippen LogP contribution is -2.38. The first-order valence-corrected chi connectivity index (χ1v) is 8.50. The molecule has 1 amide bonds. The number of carbonyl (C=O) groups is 1. The molecule has 1 aromatic heterocycles. The third-order valence-electron chi connectivity index (χ3n) is 3.42. The minimum Gasteiger partial charge on any atom is -0.481 e. The molecule has 0 bridgehead atoms. The van der Waals surface area contributed by atoms with Crippen LogP contribution in [0.2, 0.25) is 0 Å². The van der Waals surface area contributed by atoms with E-state index in [0.717, 1.165) is 22.7 Å². The number of nitrogens with zero attached hydrogens (tertiary/aromatic N) is 1. The number of thiazole rings is 1. The Hall–Kier alpha value is -1.92. The van der Waals surface area contributed by atoms with Crippen LogP contribution in [0.4, 0.5) is 0 Å². The lowest BCUT2D eigenvalue weighted by atomic mass is 10.2. The number of hydrogen-bond acceptors (Lipinski definition) is 5. The van der Waals surface area contributed by atoms with Crippen molar-refractivity contribution in [2.24, 2.45) is 0 Å². The van der Waals surface area contributed by atoms with Gasteiger partial charge in [-0.05, 0) is 38.0 Å². The van der Waals surface area contributed by atoms with Crippen molar-refractivity contribution in [3.63, 3.8) is 0 Å². The monoisotopic (exact) mass is 334 g/mol. The van der Waals surface area contributed by atoms with Gasteiger partial charge in [-0.25, -0.2) is 4.98 Å². The Bertz CT molecular complexity index is 657. The molecule has 0 saturated heterocycles. The molecule has 1 aromatic carbocycles. The molecule has 2 rings (SSSR count). The normalized spacial score (nSPS) is 13.4. The zero-order valence-corrected chi connectivity index (χ0v) is 14.4. The molecule has 124 valence electrons. The number of aliphatic hydroxyl groups excluding tert-OH is 1. The fourth-order valence-electron chi connectivity index (χ4n) is 2.13. The van der Waals surface area contributed by atoms with Gasteiger partial charge in [0.25, 0.3) is 5.91 Å². The minimum absolute atomic E-state index is 0.0565. The molecule has 5 nitrogen and oxygen atoms in total. The van der Waals surface area contributed by atoms with E-state index >= 15 is 0 Å². The van der Waals surface area contributed by atoms with Crippen LogP contribution in [0.5, 0.6) is 5.75 Å². The van der Waals surface area contributed by atoms with Crippen molar-refractivity contribution in [3.8, 4) is 5.75 Å². The average molecular weight is 334 g/mol. The highest BCUT2D eigenvalue weighted by molar-refractivity contribution is 7.09. The molecule has 2 atom stereocenters. The van der Waals surface area contributed by atoms with E-state index in [0.29, 0.717) is 5.75 Å². The lowest BCUT2D eigenvalue weighted by molar-refractivity contribution is -0.128. The van der Waals surface area contributed by atoms with Gasteiger partial charge < -0.3 is 15.2 Å². The molecule has 2 aromatic rings. The van der Waals surface area contributed by atoms with E-state index in [1.54, 1.807) is 42.5 Å². The molecular weight excluding hydrogens is 312 g/mol. The van der Waals surface area contributed by atoms with Crippen LogP contribution in [0.15, 0.2) is 29.6 Å². The van der Waals surface area contributed by atoms with Crippen LogP contribution < -0.4 is 10.1 Å². The van der Waals surface area contributed by atoms with Crippen molar-refractivity contribution < 1.29 is 14.6 Å². The van der Waals surface area contributed by atoms with Crippen LogP contribution >= 0.6 is 11.3 Å². The van der Waals surface area contributed by atoms with E-state index in [-0.39, 0.29) is 18.6 Å². The predicted molar refractivity (Wildman–Crippen MR) is 90.5 cm³/mol. The summed E-state index contributed by atoms with van der Waals surface area (Å²) >= 11 is 1.55. The van der Waals surface area contributed by atoms with Gasteiger partial charge >= 0.3 is 0 Å². The highest BCUT2D eigenvalue weighted by Crippen LogP contribution is 2.21. The molecule has 0 aliphatic carbocycles. The predicted octanol–water partition coefficient (Wildman–Crippen LogP) is 2.98. The molecule has 0 aliphatic rings. The number of hydrogen-bond donors (Lipinski definition) is 2. The fourth-order valence-corrected chi connectivity index (χ4v) is 3.07. The Labute approximate surface area is 140 Å². The van der Waals surface area contributed by atoms with Crippen LogP contribution in [-0.2, 0) is 11.4 Å². The Morgan fingerprint density at radius 3 is 2.87 bits per heavy atom. The first kappa shape index (κ1) is 17.4. The second-order valence-electron chi connectivity index (χ2n) is 5.36. The van der Waals surface area contributed by atoms with E-state index in [9.17, 15) is 4.79 Å². The number of aryl methyl sites for hydroxylation is 1. The largest absolute Gasteiger partial charge is 0.481 e. The summed E-state index contributed by atoms with van der Waals surface area (Å²) in [5.41, 5.74) is 1.71. The smallest absolute Gasteiger partial charge is 0.261 e. The fraction of sp³-hybridized carbons (Fsp3) is 0.412. The van der Waals surface area contributed by atoms with Crippen molar-refractivity contribution in [2.45, 2.75) is 45.9 Å². The quantitative estimate of drug-likeness (QED) is 0.816. The molecule has 2 N–H and O–H groups in total. The summed E-state index contributed by atoms with van der Waals surface area (Å²) in [5, 5.41) is 15.0. The molecule has 0 fully saturated rings. The summed E-state index contributed by atoms with van der Waals surface area (Å²) in [5.74, 6) is 0.386. The molecule has 0 radical (unpaired) electrons. The number of aliphatic hydroxyl groups is 1. The van der Waals surface area contributed by atoms with Crippen molar-refractivity contribution in [3.05, 3.63) is 45.9 Å². The van der Waals surface area contributed by atoms with Gasteiger partial charge in [-0.2, -0.15) is 0 Å². The van der Waals surface area contributed by atoms with E-state index in [4.69, 9.17) is 9.84 Å². The van der Waals surface area contributed by atoms with Crippen molar-refractivity contribution in [1.82, 2.24) is 10.3 Å². The Morgan fingerprint density at radius 2 is 2.26 bits per heavy atom. The van der Waals surface area contributed by atoms with Gasteiger partial charge in [0.05, 0.1) is 12.6 Å². The number of aromatic nitrogens is 1. The summed E-state index contributed by atoms with van der Waals surface area (Å²) in [6, 6.07) is 6.99. The first-order valence-electron chi connectivity index (χ1n) is 7.62. The number of amides is 1. The van der Waals surface area contributed by atoms with Crippen LogP contribution in [0, 0.1) is 6.92 Å². The first-order chi connectivity index (χ1) is 11.0. The number of benzene rings is 1. The molecule has 0 aliphatic heterocycles. The highest BCUT2D eigenvalue weighted by Gasteiger charge is 2.21. The van der Waals surface area contributed by atoms with Gasteiger partial charge in [-0.15, -0.1) is 11.3 Å². The van der Waals surface area contributed by atoms with E-state index in [1.165, 1.54) is 0 Å². The third-order valence-corrected chi connectivity index (χ3v) is 4.50. The molecule has 6 heteroatoms. The Morgan fingerprint density at radius 1 is 1.48 bits per heavy atom. The van der Waals surface area contributed by atoms with Crippen LogP contribution in [0.1, 0.15) is 42.6 Å². The lowest BCUT2D eigenvalue weighted by Gasteiger charge is -2.19. The molecule has 2 unspecified atom stereocenters. The molecule has 0 saturated carbocycles. The third kappa shape index (κ3) is 4.77. The topological polar surface area (TPSA) is 71.5 Å². The Kier molecular flexibility index (Phi) is 6.12.